The molecule has 0 spiro atoms. The van der Waals surface area contributed by atoms with Gasteiger partial charge >= 0.3 is 0 Å². The molecule has 0 N–H and O–H groups in total. The van der Waals surface area contributed by atoms with Crippen LogP contribution >= 0.6 is 0 Å². The number of para-hydroxylation sites is 1. The standard InChI is InChI=1S/C57H34N2/c58-35-36-25-29-56-54(31-36)55-32-38(26-30-57(55)59(56)39-15-2-1-3-16-39)41-27-28-49(44-19-7-6-18-42(41)44)51-34-53-47-22-10-8-20-45(47)50(33-52(53)48-23-11-9-21-46(48)51)43-24-12-14-37-13-4-5-17-40(37)43/h1-34H. The van der Waals surface area contributed by atoms with Crippen LogP contribution in [0.25, 0.3) is 115 Å². The topological polar surface area (TPSA) is 28.7 Å². The van der Waals surface area contributed by atoms with Crippen molar-refractivity contribution in [3.63, 3.8) is 0 Å². The molecule has 0 amide bonds. The van der Waals surface area contributed by atoms with Crippen molar-refractivity contribution in [3.05, 3.63) is 212 Å². The van der Waals surface area contributed by atoms with Crippen molar-refractivity contribution < 1.29 is 0 Å². The van der Waals surface area contributed by atoms with Gasteiger partial charge in [-0.3, -0.25) is 0 Å². The first kappa shape index (κ1) is 33.2. The smallest absolute Gasteiger partial charge is 0.0991 e. The van der Waals surface area contributed by atoms with Gasteiger partial charge in [0.1, 0.15) is 0 Å². The third-order valence-electron chi connectivity index (χ3n) is 12.4. The summed E-state index contributed by atoms with van der Waals surface area (Å²) in [6, 6.07) is 77.1. The summed E-state index contributed by atoms with van der Waals surface area (Å²) in [6.07, 6.45) is 0. The fourth-order valence-electron chi connectivity index (χ4n) is 9.76. The largest absolute Gasteiger partial charge is 0.309 e. The van der Waals surface area contributed by atoms with Gasteiger partial charge < -0.3 is 4.57 Å². The Morgan fingerprint density at radius 3 is 1.46 bits per heavy atom. The molecule has 2 nitrogen and oxygen atoms in total. The lowest BCUT2D eigenvalue weighted by molar-refractivity contribution is 1.18. The summed E-state index contributed by atoms with van der Waals surface area (Å²) >= 11 is 0. The van der Waals surface area contributed by atoms with Crippen molar-refractivity contribution in [3.8, 4) is 45.1 Å². The molecule has 0 atom stereocenters. The Morgan fingerprint density at radius 1 is 0.305 bits per heavy atom. The van der Waals surface area contributed by atoms with Crippen molar-refractivity contribution in [2.75, 3.05) is 0 Å². The van der Waals surface area contributed by atoms with E-state index >= 15 is 0 Å². The van der Waals surface area contributed by atoms with Crippen LogP contribution in [0.3, 0.4) is 0 Å². The van der Waals surface area contributed by atoms with Crippen molar-refractivity contribution in [2.45, 2.75) is 0 Å². The summed E-state index contributed by atoms with van der Waals surface area (Å²) < 4.78 is 2.30. The first-order chi connectivity index (χ1) is 29.2. The zero-order valence-electron chi connectivity index (χ0n) is 32.0. The predicted molar refractivity (Wildman–Crippen MR) is 249 cm³/mol. The number of nitriles is 1. The molecule has 11 aromatic carbocycles. The molecule has 1 aromatic heterocycles. The maximum absolute atomic E-state index is 9.88. The fraction of sp³-hybridized carbons (Fsp3) is 0. The van der Waals surface area contributed by atoms with E-state index in [1.165, 1.54) is 81.7 Å². The van der Waals surface area contributed by atoms with Gasteiger partial charge in [-0.2, -0.15) is 5.26 Å². The average molecular weight is 747 g/mol. The van der Waals surface area contributed by atoms with Gasteiger partial charge in [-0.05, 0) is 142 Å². The summed E-state index contributed by atoms with van der Waals surface area (Å²) in [5, 5.41) is 24.5. The molecular formula is C57H34N2. The molecule has 2 heteroatoms. The van der Waals surface area contributed by atoms with Gasteiger partial charge in [0.05, 0.1) is 22.7 Å². The minimum absolute atomic E-state index is 0.657. The highest BCUT2D eigenvalue weighted by atomic mass is 15.0. The van der Waals surface area contributed by atoms with E-state index in [1.54, 1.807) is 0 Å². The Morgan fingerprint density at radius 2 is 0.797 bits per heavy atom. The van der Waals surface area contributed by atoms with E-state index in [0.717, 1.165) is 33.1 Å². The highest BCUT2D eigenvalue weighted by Crippen LogP contribution is 2.46. The zero-order valence-corrected chi connectivity index (χ0v) is 32.0. The second-order valence-electron chi connectivity index (χ2n) is 15.5. The maximum Gasteiger partial charge on any atom is 0.0991 e. The van der Waals surface area contributed by atoms with Crippen LogP contribution < -0.4 is 0 Å². The van der Waals surface area contributed by atoms with Crippen LogP contribution in [0.2, 0.25) is 0 Å². The molecule has 272 valence electrons. The van der Waals surface area contributed by atoms with Gasteiger partial charge in [0.2, 0.25) is 0 Å². The Balaban J connectivity index is 1.09. The minimum atomic E-state index is 0.657. The van der Waals surface area contributed by atoms with Crippen LogP contribution in [0.15, 0.2) is 206 Å². The summed E-state index contributed by atoms with van der Waals surface area (Å²) in [6.45, 7) is 0. The Bertz CT molecular complexity index is 3730. The Hall–Kier alpha value is -7.99. The molecule has 12 aromatic rings. The van der Waals surface area contributed by atoms with E-state index in [4.69, 9.17) is 0 Å². The predicted octanol–water partition coefficient (Wildman–Crippen LogP) is 15.4. The van der Waals surface area contributed by atoms with Crippen molar-refractivity contribution in [1.29, 1.82) is 5.26 Å². The SMILES string of the molecule is N#Cc1ccc2c(c1)c1cc(-c3ccc(-c4cc5c6ccccc6c(-c6cccc7ccccc67)cc5c5ccccc45)c4ccccc34)ccc1n2-c1ccccc1. The Kier molecular flexibility index (Phi) is 7.33. The van der Waals surface area contributed by atoms with E-state index < -0.39 is 0 Å². The van der Waals surface area contributed by atoms with Crippen LogP contribution in [-0.2, 0) is 0 Å². The third-order valence-corrected chi connectivity index (χ3v) is 12.4. The van der Waals surface area contributed by atoms with E-state index in [2.05, 4.69) is 199 Å². The van der Waals surface area contributed by atoms with Crippen LogP contribution in [0, 0.1) is 11.3 Å². The van der Waals surface area contributed by atoms with Gasteiger partial charge in [-0.1, -0.05) is 152 Å². The second-order valence-corrected chi connectivity index (χ2v) is 15.5. The highest BCUT2D eigenvalue weighted by Gasteiger charge is 2.19. The molecular weight excluding hydrogens is 713 g/mol. The average Bonchev–Trinajstić information content (AvgIpc) is 3.63. The summed E-state index contributed by atoms with van der Waals surface area (Å²) in [5.74, 6) is 0. The first-order valence-corrected chi connectivity index (χ1v) is 20.1. The molecule has 0 radical (unpaired) electrons. The molecule has 0 aliphatic carbocycles. The molecule has 0 unspecified atom stereocenters. The van der Waals surface area contributed by atoms with Crippen molar-refractivity contribution in [2.24, 2.45) is 0 Å². The fourth-order valence-corrected chi connectivity index (χ4v) is 9.76. The number of benzene rings is 11. The number of hydrogen-bond donors (Lipinski definition) is 0. The van der Waals surface area contributed by atoms with Crippen LogP contribution in [0.5, 0.6) is 0 Å². The maximum atomic E-state index is 9.88. The first-order valence-electron chi connectivity index (χ1n) is 20.1. The van der Waals surface area contributed by atoms with Gasteiger partial charge in [-0.25, -0.2) is 0 Å². The van der Waals surface area contributed by atoms with Crippen molar-refractivity contribution in [1.82, 2.24) is 4.57 Å². The number of fused-ring (bicyclic) bond motifs is 10. The van der Waals surface area contributed by atoms with Gasteiger partial charge in [0.25, 0.3) is 0 Å². The van der Waals surface area contributed by atoms with E-state index in [9.17, 15) is 5.26 Å². The lowest BCUT2D eigenvalue weighted by Gasteiger charge is -2.18. The van der Waals surface area contributed by atoms with Gasteiger partial charge in [0, 0.05) is 16.5 Å². The summed E-state index contributed by atoms with van der Waals surface area (Å²) in [7, 11) is 0. The molecule has 0 bridgehead atoms. The highest BCUT2D eigenvalue weighted by molar-refractivity contribution is 6.26. The van der Waals surface area contributed by atoms with Gasteiger partial charge in [0.15, 0.2) is 0 Å². The zero-order chi connectivity index (χ0) is 39.0. The van der Waals surface area contributed by atoms with Crippen LogP contribution in [0.1, 0.15) is 5.56 Å². The molecule has 12 rings (SSSR count). The van der Waals surface area contributed by atoms with Crippen LogP contribution in [-0.4, -0.2) is 4.57 Å². The summed E-state index contributed by atoms with van der Waals surface area (Å²) in [4.78, 5) is 0. The number of aromatic nitrogens is 1. The lowest BCUT2D eigenvalue weighted by Crippen LogP contribution is -1.93. The molecule has 0 aliphatic heterocycles. The number of nitrogens with zero attached hydrogens (tertiary/aromatic N) is 2. The molecule has 0 aliphatic rings. The lowest BCUT2D eigenvalue weighted by atomic mass is 9.85. The molecule has 0 saturated carbocycles. The summed E-state index contributed by atoms with van der Waals surface area (Å²) in [5.41, 5.74) is 11.2. The van der Waals surface area contributed by atoms with Crippen molar-refractivity contribution >= 4 is 75.7 Å². The number of rotatable bonds is 4. The molecule has 1 heterocycles. The molecule has 59 heavy (non-hydrogen) atoms. The van der Waals surface area contributed by atoms with E-state index in [-0.39, 0.29) is 0 Å². The van der Waals surface area contributed by atoms with Gasteiger partial charge in [-0.15, -0.1) is 0 Å². The third kappa shape index (κ3) is 5.05. The minimum Gasteiger partial charge on any atom is -0.309 e. The quantitative estimate of drug-likeness (QED) is 0.165. The van der Waals surface area contributed by atoms with E-state index in [0.29, 0.717) is 5.56 Å². The Labute approximate surface area is 341 Å². The molecule has 0 saturated heterocycles. The number of hydrogen-bond acceptors (Lipinski definition) is 1. The van der Waals surface area contributed by atoms with Crippen LogP contribution in [0.4, 0.5) is 0 Å². The normalized spacial score (nSPS) is 11.7. The van der Waals surface area contributed by atoms with E-state index in [1.807, 2.05) is 18.2 Å². The molecule has 0 fully saturated rings. The monoisotopic (exact) mass is 746 g/mol. The second kappa shape index (κ2) is 13.0.